The minimum absolute atomic E-state index is 0.0903. The third kappa shape index (κ3) is 4.46. The van der Waals surface area contributed by atoms with Crippen molar-refractivity contribution in [2.45, 2.75) is 33.8 Å². The quantitative estimate of drug-likeness (QED) is 0.521. The van der Waals surface area contributed by atoms with Crippen molar-refractivity contribution >= 4 is 12.1 Å². The lowest BCUT2D eigenvalue weighted by atomic mass is 10.2. The van der Waals surface area contributed by atoms with E-state index in [2.05, 4.69) is 15.6 Å². The van der Waals surface area contributed by atoms with Gasteiger partial charge >= 0.3 is 0 Å². The van der Waals surface area contributed by atoms with Crippen LogP contribution in [0.2, 0.25) is 0 Å². The molecule has 0 unspecified atom stereocenters. The molecule has 6 nitrogen and oxygen atoms in total. The highest BCUT2D eigenvalue weighted by atomic mass is 16.5. The van der Waals surface area contributed by atoms with E-state index in [1.54, 1.807) is 30.5 Å². The Kier molecular flexibility index (Phi) is 5.89. The van der Waals surface area contributed by atoms with Gasteiger partial charge < -0.3 is 4.74 Å². The fraction of sp³-hybridized carbons (Fsp3) is 0.227. The van der Waals surface area contributed by atoms with Gasteiger partial charge in [0.25, 0.3) is 5.91 Å². The number of nitrogens with zero attached hydrogens (tertiary/aromatic N) is 3. The second-order valence-electron chi connectivity index (χ2n) is 6.72. The number of hydrogen-bond acceptors (Lipinski definition) is 4. The molecule has 1 N–H and O–H groups in total. The Balaban J connectivity index is 1.69. The zero-order valence-electron chi connectivity index (χ0n) is 16.5. The summed E-state index contributed by atoms with van der Waals surface area (Å²) in [5, 5.41) is 8.68. The first-order valence-electron chi connectivity index (χ1n) is 9.17. The molecule has 3 aromatic rings. The third-order valence-electron chi connectivity index (χ3n) is 4.20. The van der Waals surface area contributed by atoms with Crippen molar-refractivity contribution in [1.29, 1.82) is 0 Å². The minimum atomic E-state index is -0.280. The summed E-state index contributed by atoms with van der Waals surface area (Å²) in [5.74, 6) is 0.452. The van der Waals surface area contributed by atoms with Crippen LogP contribution in [0.15, 0.2) is 59.7 Å². The summed E-state index contributed by atoms with van der Waals surface area (Å²) in [7, 11) is 0. The average Bonchev–Trinajstić information content (AvgIpc) is 2.97. The highest BCUT2D eigenvalue weighted by Gasteiger charge is 2.11. The van der Waals surface area contributed by atoms with Gasteiger partial charge in [-0.25, -0.2) is 10.1 Å². The van der Waals surface area contributed by atoms with Gasteiger partial charge in [-0.3, -0.25) is 4.79 Å². The van der Waals surface area contributed by atoms with Gasteiger partial charge in [0, 0.05) is 11.1 Å². The summed E-state index contributed by atoms with van der Waals surface area (Å²) >= 11 is 0. The van der Waals surface area contributed by atoms with Gasteiger partial charge in [0.2, 0.25) is 0 Å². The number of ether oxygens (including phenoxy) is 1. The Morgan fingerprint density at radius 2 is 1.79 bits per heavy atom. The number of aromatic nitrogens is 2. The lowest BCUT2D eigenvalue weighted by Gasteiger charge is -2.09. The second kappa shape index (κ2) is 8.52. The molecule has 1 aromatic heterocycles. The van der Waals surface area contributed by atoms with E-state index in [0.29, 0.717) is 5.56 Å². The topological polar surface area (TPSA) is 68.5 Å². The maximum Gasteiger partial charge on any atom is 0.271 e. The van der Waals surface area contributed by atoms with Gasteiger partial charge in [-0.05, 0) is 64.1 Å². The largest absolute Gasteiger partial charge is 0.491 e. The first kappa shape index (κ1) is 19.4. The monoisotopic (exact) mass is 376 g/mol. The molecular weight excluding hydrogens is 352 g/mol. The molecule has 2 aromatic carbocycles. The number of rotatable bonds is 6. The Labute approximate surface area is 164 Å². The van der Waals surface area contributed by atoms with Crippen LogP contribution in [0.4, 0.5) is 0 Å². The van der Waals surface area contributed by atoms with E-state index in [1.165, 1.54) is 0 Å². The highest BCUT2D eigenvalue weighted by Crippen LogP contribution is 2.16. The van der Waals surface area contributed by atoms with Crippen LogP contribution in [0.5, 0.6) is 5.75 Å². The first-order valence-corrected chi connectivity index (χ1v) is 9.17. The number of nitrogens with one attached hydrogen (secondary N) is 1. The summed E-state index contributed by atoms with van der Waals surface area (Å²) in [6.45, 7) is 7.81. The van der Waals surface area contributed by atoms with E-state index in [-0.39, 0.29) is 12.0 Å². The number of amides is 1. The summed E-state index contributed by atoms with van der Waals surface area (Å²) < 4.78 is 7.45. The van der Waals surface area contributed by atoms with Crippen molar-refractivity contribution in [3.63, 3.8) is 0 Å². The van der Waals surface area contributed by atoms with E-state index >= 15 is 0 Å². The van der Waals surface area contributed by atoms with Crippen molar-refractivity contribution in [3.05, 3.63) is 77.1 Å². The van der Waals surface area contributed by atoms with Crippen LogP contribution >= 0.6 is 0 Å². The molecule has 0 bridgehead atoms. The van der Waals surface area contributed by atoms with Crippen LogP contribution in [-0.4, -0.2) is 28.0 Å². The molecule has 3 rings (SSSR count). The predicted molar refractivity (Wildman–Crippen MR) is 110 cm³/mol. The maximum absolute atomic E-state index is 12.3. The molecule has 0 saturated carbocycles. The molecule has 0 atom stereocenters. The van der Waals surface area contributed by atoms with Crippen molar-refractivity contribution in [2.75, 3.05) is 0 Å². The number of carbonyl (C=O) groups excluding carboxylic acids is 1. The summed E-state index contributed by atoms with van der Waals surface area (Å²) in [6, 6.07) is 16.9. The second-order valence-corrected chi connectivity index (χ2v) is 6.72. The normalized spacial score (nSPS) is 11.2. The number of aryl methyl sites for hydroxylation is 1. The summed E-state index contributed by atoms with van der Waals surface area (Å²) in [4.78, 5) is 12.3. The molecule has 28 heavy (non-hydrogen) atoms. The Hall–Kier alpha value is -3.41. The van der Waals surface area contributed by atoms with Crippen LogP contribution in [0.25, 0.3) is 5.69 Å². The molecular formula is C22H24N4O2. The van der Waals surface area contributed by atoms with Crippen LogP contribution < -0.4 is 10.2 Å². The number of benzene rings is 2. The Morgan fingerprint density at radius 3 is 2.43 bits per heavy atom. The fourth-order valence-electron chi connectivity index (χ4n) is 2.84. The van der Waals surface area contributed by atoms with E-state index in [4.69, 9.17) is 4.74 Å². The number of para-hydroxylation sites is 1. The maximum atomic E-state index is 12.3. The molecule has 0 spiro atoms. The van der Waals surface area contributed by atoms with Crippen molar-refractivity contribution < 1.29 is 9.53 Å². The van der Waals surface area contributed by atoms with Crippen molar-refractivity contribution in [2.24, 2.45) is 5.10 Å². The molecule has 0 saturated heterocycles. The van der Waals surface area contributed by atoms with Crippen LogP contribution in [0.1, 0.15) is 41.2 Å². The van der Waals surface area contributed by atoms with E-state index < -0.39 is 0 Å². The van der Waals surface area contributed by atoms with Crippen molar-refractivity contribution in [1.82, 2.24) is 15.2 Å². The summed E-state index contributed by atoms with van der Waals surface area (Å²) in [6.07, 6.45) is 1.72. The zero-order valence-corrected chi connectivity index (χ0v) is 16.5. The molecule has 144 valence electrons. The number of hydrogen-bond donors (Lipinski definition) is 1. The van der Waals surface area contributed by atoms with Crippen LogP contribution in [0, 0.1) is 13.8 Å². The summed E-state index contributed by atoms with van der Waals surface area (Å²) in [5.41, 5.74) is 6.74. The zero-order chi connectivity index (χ0) is 20.1. The van der Waals surface area contributed by atoms with Gasteiger partial charge in [0.05, 0.1) is 29.4 Å². The van der Waals surface area contributed by atoms with Gasteiger partial charge in [0.15, 0.2) is 0 Å². The predicted octanol–water partition coefficient (Wildman–Crippen LogP) is 4.04. The standard InChI is InChI=1S/C22H24N4O2/c1-15(2)28-20-12-10-18(11-13-20)22(27)24-23-14-21-16(3)25-26(17(21)4)19-8-6-5-7-9-19/h5-15H,1-4H3,(H,24,27)/b23-14-. The minimum Gasteiger partial charge on any atom is -0.491 e. The van der Waals surface area contributed by atoms with E-state index in [1.807, 2.05) is 62.7 Å². The van der Waals surface area contributed by atoms with Crippen molar-refractivity contribution in [3.8, 4) is 11.4 Å². The van der Waals surface area contributed by atoms with Gasteiger partial charge in [0.1, 0.15) is 5.75 Å². The van der Waals surface area contributed by atoms with Gasteiger partial charge in [-0.2, -0.15) is 10.2 Å². The van der Waals surface area contributed by atoms with E-state index in [0.717, 1.165) is 28.4 Å². The van der Waals surface area contributed by atoms with Gasteiger partial charge in [-0.1, -0.05) is 18.2 Å². The molecule has 6 heteroatoms. The molecule has 0 radical (unpaired) electrons. The molecule has 0 aliphatic rings. The highest BCUT2D eigenvalue weighted by molar-refractivity contribution is 5.95. The Morgan fingerprint density at radius 1 is 1.11 bits per heavy atom. The van der Waals surface area contributed by atoms with Gasteiger partial charge in [-0.15, -0.1) is 0 Å². The fourth-order valence-corrected chi connectivity index (χ4v) is 2.84. The molecule has 1 amide bonds. The molecule has 0 fully saturated rings. The number of hydrazone groups is 1. The average molecular weight is 376 g/mol. The van der Waals surface area contributed by atoms with E-state index in [9.17, 15) is 4.79 Å². The lowest BCUT2D eigenvalue weighted by Crippen LogP contribution is -2.17. The lowest BCUT2D eigenvalue weighted by molar-refractivity contribution is 0.0955. The SMILES string of the molecule is Cc1nn(-c2ccccc2)c(C)c1/C=N\NC(=O)c1ccc(OC(C)C)cc1. The smallest absolute Gasteiger partial charge is 0.271 e. The number of carbonyl (C=O) groups is 1. The molecule has 0 aliphatic carbocycles. The Bertz CT molecular complexity index is 974. The third-order valence-corrected chi connectivity index (χ3v) is 4.20. The molecule has 1 heterocycles. The molecule has 0 aliphatic heterocycles. The van der Waals surface area contributed by atoms with Crippen LogP contribution in [0.3, 0.4) is 0 Å². The first-order chi connectivity index (χ1) is 13.5. The van der Waals surface area contributed by atoms with Crippen LogP contribution in [-0.2, 0) is 0 Å².